The molecule has 0 aliphatic carbocycles. The van der Waals surface area contributed by atoms with Crippen LogP contribution in [-0.2, 0) is 9.53 Å². The number of phenols is 1. The molecule has 0 saturated carbocycles. The fourth-order valence-corrected chi connectivity index (χ4v) is 2.15. The average molecular weight is 264 g/mol. The molecule has 1 amide bonds. The summed E-state index contributed by atoms with van der Waals surface area (Å²) in [6.45, 7) is 4.65. The highest BCUT2D eigenvalue weighted by Crippen LogP contribution is 2.27. The van der Waals surface area contributed by atoms with Gasteiger partial charge in [-0.3, -0.25) is 4.79 Å². The standard InChI is InChI=1S/C14H20N2O3/c1-9-8-12(17)10(2)7-11(9)16-13(18)14(15)3-5-19-6-4-14/h7-8,17H,3-6,15H2,1-2H3,(H,16,18). The highest BCUT2D eigenvalue weighted by Gasteiger charge is 2.36. The smallest absolute Gasteiger partial charge is 0.244 e. The first-order valence-corrected chi connectivity index (χ1v) is 6.41. The Morgan fingerprint density at radius 1 is 1.32 bits per heavy atom. The second-order valence-electron chi connectivity index (χ2n) is 5.18. The number of hydrogen-bond donors (Lipinski definition) is 3. The minimum absolute atomic E-state index is 0.191. The third kappa shape index (κ3) is 2.88. The zero-order chi connectivity index (χ0) is 14.0. The Balaban J connectivity index is 2.16. The van der Waals surface area contributed by atoms with Crippen molar-refractivity contribution in [2.45, 2.75) is 32.2 Å². The van der Waals surface area contributed by atoms with Crippen molar-refractivity contribution < 1.29 is 14.6 Å². The van der Waals surface area contributed by atoms with Crippen molar-refractivity contribution in [3.8, 4) is 5.75 Å². The lowest BCUT2D eigenvalue weighted by molar-refractivity contribution is -0.124. The molecule has 0 atom stereocenters. The normalized spacial score (nSPS) is 18.1. The molecule has 0 unspecified atom stereocenters. The second-order valence-corrected chi connectivity index (χ2v) is 5.18. The lowest BCUT2D eigenvalue weighted by Crippen LogP contribution is -2.54. The highest BCUT2D eigenvalue weighted by molar-refractivity contribution is 5.98. The van der Waals surface area contributed by atoms with Crippen LogP contribution in [0.2, 0.25) is 0 Å². The van der Waals surface area contributed by atoms with Crippen LogP contribution in [-0.4, -0.2) is 29.8 Å². The van der Waals surface area contributed by atoms with E-state index in [2.05, 4.69) is 5.32 Å². The largest absolute Gasteiger partial charge is 0.508 e. The third-order valence-corrected chi connectivity index (χ3v) is 3.63. The van der Waals surface area contributed by atoms with Gasteiger partial charge in [-0.05, 0) is 49.9 Å². The summed E-state index contributed by atoms with van der Waals surface area (Å²) in [5.41, 5.74) is 7.49. The number of anilines is 1. The molecular weight excluding hydrogens is 244 g/mol. The Bertz CT molecular complexity index is 494. The first-order chi connectivity index (χ1) is 8.92. The van der Waals surface area contributed by atoms with Gasteiger partial charge in [0.2, 0.25) is 5.91 Å². The maximum Gasteiger partial charge on any atom is 0.244 e. The predicted molar refractivity (Wildman–Crippen MR) is 73.2 cm³/mol. The lowest BCUT2D eigenvalue weighted by Gasteiger charge is -2.32. The molecule has 0 spiro atoms. The predicted octanol–water partition coefficient (Wildman–Crippen LogP) is 1.46. The number of rotatable bonds is 2. The monoisotopic (exact) mass is 264 g/mol. The van der Waals surface area contributed by atoms with Crippen molar-refractivity contribution in [1.29, 1.82) is 0 Å². The number of carbonyl (C=O) groups is 1. The van der Waals surface area contributed by atoms with Gasteiger partial charge < -0.3 is 20.9 Å². The molecule has 1 aliphatic rings. The van der Waals surface area contributed by atoms with Crippen LogP contribution in [0, 0.1) is 13.8 Å². The molecule has 1 saturated heterocycles. The molecule has 2 rings (SSSR count). The van der Waals surface area contributed by atoms with E-state index in [1.807, 2.05) is 6.92 Å². The Labute approximate surface area is 112 Å². The van der Waals surface area contributed by atoms with Crippen molar-refractivity contribution in [3.63, 3.8) is 0 Å². The molecule has 4 N–H and O–H groups in total. The van der Waals surface area contributed by atoms with Gasteiger partial charge in [-0.1, -0.05) is 0 Å². The molecule has 1 fully saturated rings. The molecule has 1 aromatic rings. The van der Waals surface area contributed by atoms with Crippen LogP contribution >= 0.6 is 0 Å². The zero-order valence-electron chi connectivity index (χ0n) is 11.3. The van der Waals surface area contributed by atoms with Crippen LogP contribution < -0.4 is 11.1 Å². The summed E-state index contributed by atoms with van der Waals surface area (Å²) in [6, 6.07) is 3.39. The average Bonchev–Trinajstić information content (AvgIpc) is 2.36. The van der Waals surface area contributed by atoms with E-state index in [-0.39, 0.29) is 11.7 Å². The molecule has 0 bridgehead atoms. The molecule has 0 radical (unpaired) electrons. The molecule has 19 heavy (non-hydrogen) atoms. The van der Waals surface area contributed by atoms with E-state index in [9.17, 15) is 9.90 Å². The van der Waals surface area contributed by atoms with Gasteiger partial charge in [0.25, 0.3) is 0 Å². The van der Waals surface area contributed by atoms with E-state index in [1.165, 1.54) is 0 Å². The molecule has 104 valence electrons. The number of aryl methyl sites for hydroxylation is 2. The molecular formula is C14H20N2O3. The van der Waals surface area contributed by atoms with Crippen LogP contribution in [0.15, 0.2) is 12.1 Å². The van der Waals surface area contributed by atoms with Gasteiger partial charge in [0, 0.05) is 18.9 Å². The van der Waals surface area contributed by atoms with Crippen molar-refractivity contribution in [2.75, 3.05) is 18.5 Å². The van der Waals surface area contributed by atoms with E-state index in [0.29, 0.717) is 31.7 Å². The Morgan fingerprint density at radius 2 is 1.95 bits per heavy atom. The van der Waals surface area contributed by atoms with E-state index < -0.39 is 5.54 Å². The topological polar surface area (TPSA) is 84.6 Å². The fraction of sp³-hybridized carbons (Fsp3) is 0.500. The van der Waals surface area contributed by atoms with Crippen molar-refractivity contribution in [2.24, 2.45) is 5.73 Å². The van der Waals surface area contributed by atoms with Crippen LogP contribution in [0.5, 0.6) is 5.75 Å². The third-order valence-electron chi connectivity index (χ3n) is 3.63. The Morgan fingerprint density at radius 3 is 2.58 bits per heavy atom. The molecule has 5 heteroatoms. The number of aromatic hydroxyl groups is 1. The Hall–Kier alpha value is -1.59. The number of nitrogens with two attached hydrogens (primary N) is 1. The summed E-state index contributed by atoms with van der Waals surface area (Å²) >= 11 is 0. The van der Waals surface area contributed by atoms with E-state index in [1.54, 1.807) is 19.1 Å². The van der Waals surface area contributed by atoms with Crippen LogP contribution in [0.1, 0.15) is 24.0 Å². The van der Waals surface area contributed by atoms with Crippen molar-refractivity contribution in [3.05, 3.63) is 23.3 Å². The number of nitrogens with one attached hydrogen (secondary N) is 1. The van der Waals surface area contributed by atoms with Gasteiger partial charge in [0.15, 0.2) is 0 Å². The number of ether oxygens (including phenoxy) is 1. The minimum atomic E-state index is -0.865. The first kappa shape index (κ1) is 13.8. The number of phenolic OH excluding ortho intramolecular Hbond substituents is 1. The van der Waals surface area contributed by atoms with Gasteiger partial charge in [-0.15, -0.1) is 0 Å². The Kier molecular flexibility index (Phi) is 3.78. The van der Waals surface area contributed by atoms with Gasteiger partial charge in [0.1, 0.15) is 11.3 Å². The van der Waals surface area contributed by atoms with Crippen molar-refractivity contribution >= 4 is 11.6 Å². The maximum absolute atomic E-state index is 12.3. The lowest BCUT2D eigenvalue weighted by atomic mass is 9.90. The number of amides is 1. The second kappa shape index (κ2) is 5.19. The summed E-state index contributed by atoms with van der Waals surface area (Å²) in [5, 5.41) is 12.5. The summed E-state index contributed by atoms with van der Waals surface area (Å²) in [6.07, 6.45) is 1.05. The fourth-order valence-electron chi connectivity index (χ4n) is 2.15. The number of carbonyl (C=O) groups excluding carboxylic acids is 1. The van der Waals surface area contributed by atoms with Crippen LogP contribution in [0.3, 0.4) is 0 Å². The first-order valence-electron chi connectivity index (χ1n) is 6.41. The van der Waals surface area contributed by atoms with Crippen LogP contribution in [0.25, 0.3) is 0 Å². The minimum Gasteiger partial charge on any atom is -0.508 e. The van der Waals surface area contributed by atoms with E-state index >= 15 is 0 Å². The quantitative estimate of drug-likeness (QED) is 0.706. The summed E-state index contributed by atoms with van der Waals surface area (Å²) in [4.78, 5) is 12.3. The molecule has 5 nitrogen and oxygen atoms in total. The molecule has 1 aliphatic heterocycles. The van der Waals surface area contributed by atoms with Crippen molar-refractivity contribution in [1.82, 2.24) is 0 Å². The molecule has 0 aromatic heterocycles. The van der Waals surface area contributed by atoms with Gasteiger partial charge in [-0.25, -0.2) is 0 Å². The van der Waals surface area contributed by atoms with E-state index in [0.717, 1.165) is 11.1 Å². The van der Waals surface area contributed by atoms with E-state index in [4.69, 9.17) is 10.5 Å². The number of hydrogen-bond acceptors (Lipinski definition) is 4. The summed E-state index contributed by atoms with van der Waals surface area (Å²) in [7, 11) is 0. The molecule has 1 aromatic carbocycles. The summed E-state index contributed by atoms with van der Waals surface area (Å²) < 4.78 is 5.23. The summed E-state index contributed by atoms with van der Waals surface area (Å²) in [5.74, 6) is 0.0352. The molecule has 1 heterocycles. The van der Waals surface area contributed by atoms with Gasteiger partial charge >= 0.3 is 0 Å². The van der Waals surface area contributed by atoms with Gasteiger partial charge in [0.05, 0.1) is 0 Å². The SMILES string of the molecule is Cc1cc(NC(=O)C2(N)CCOCC2)c(C)cc1O. The highest BCUT2D eigenvalue weighted by atomic mass is 16.5. The zero-order valence-corrected chi connectivity index (χ0v) is 11.3. The number of benzene rings is 1. The van der Waals surface area contributed by atoms with Crippen LogP contribution in [0.4, 0.5) is 5.69 Å². The van der Waals surface area contributed by atoms with Gasteiger partial charge in [-0.2, -0.15) is 0 Å². The maximum atomic E-state index is 12.3.